The maximum absolute atomic E-state index is 12.6. The monoisotopic (exact) mass is 396 g/mol. The molecule has 0 spiro atoms. The van der Waals surface area contributed by atoms with Gasteiger partial charge in [0.25, 0.3) is 5.56 Å². The van der Waals surface area contributed by atoms with Crippen molar-refractivity contribution in [3.8, 4) is 11.5 Å². The van der Waals surface area contributed by atoms with Gasteiger partial charge in [-0.05, 0) is 43.2 Å². The molecule has 0 radical (unpaired) electrons. The summed E-state index contributed by atoms with van der Waals surface area (Å²) in [5.41, 5.74) is 0.582. The van der Waals surface area contributed by atoms with Gasteiger partial charge >= 0.3 is 5.97 Å². The molecule has 0 bridgehead atoms. The van der Waals surface area contributed by atoms with Crippen LogP contribution in [-0.4, -0.2) is 29.7 Å². The zero-order valence-corrected chi connectivity index (χ0v) is 16.9. The Morgan fingerprint density at radius 1 is 1.10 bits per heavy atom. The molecule has 0 aliphatic rings. The molecule has 29 heavy (non-hydrogen) atoms. The first-order valence-corrected chi connectivity index (χ1v) is 9.39. The zero-order chi connectivity index (χ0) is 21.0. The van der Waals surface area contributed by atoms with E-state index < -0.39 is 12.1 Å². The Morgan fingerprint density at radius 2 is 1.86 bits per heavy atom. The molecule has 3 aromatic rings. The number of nitrogens with zero attached hydrogens (tertiary/aromatic N) is 1. The Bertz CT molecular complexity index is 1070. The highest BCUT2D eigenvalue weighted by Crippen LogP contribution is 2.29. The van der Waals surface area contributed by atoms with Crippen LogP contribution in [0.5, 0.6) is 11.5 Å². The van der Waals surface area contributed by atoms with E-state index in [-0.39, 0.29) is 11.4 Å². The number of nitrogens with one attached hydrogen (secondary N) is 1. The number of H-pyrrole nitrogens is 1. The average molecular weight is 396 g/mol. The Kier molecular flexibility index (Phi) is 6.16. The van der Waals surface area contributed by atoms with Crippen LogP contribution in [0, 0.1) is 5.92 Å². The summed E-state index contributed by atoms with van der Waals surface area (Å²) < 4.78 is 16.5. The summed E-state index contributed by atoms with van der Waals surface area (Å²) in [6.07, 6.45) is -0.734. The first-order chi connectivity index (χ1) is 13.9. The third-order valence-electron chi connectivity index (χ3n) is 4.27. The van der Waals surface area contributed by atoms with Gasteiger partial charge in [0.05, 0.1) is 30.2 Å². The number of methoxy groups -OCH3 is 1. The van der Waals surface area contributed by atoms with Gasteiger partial charge in [-0.3, -0.25) is 4.79 Å². The van der Waals surface area contributed by atoms with Crippen molar-refractivity contribution in [2.75, 3.05) is 13.7 Å². The minimum Gasteiger partial charge on any atom is -0.493 e. The Morgan fingerprint density at radius 3 is 2.59 bits per heavy atom. The molecule has 0 aliphatic carbocycles. The van der Waals surface area contributed by atoms with Gasteiger partial charge < -0.3 is 19.2 Å². The molecule has 152 valence electrons. The molecule has 0 amide bonds. The Balaban J connectivity index is 1.78. The highest BCUT2D eigenvalue weighted by atomic mass is 16.5. The van der Waals surface area contributed by atoms with E-state index in [9.17, 15) is 9.59 Å². The second-order valence-electron chi connectivity index (χ2n) is 7.09. The van der Waals surface area contributed by atoms with Gasteiger partial charge in [-0.15, -0.1) is 0 Å². The van der Waals surface area contributed by atoms with Crippen LogP contribution in [0.2, 0.25) is 0 Å². The SMILES string of the molecule is COc1cc(C(=O)O[C@@H](C)c2nc3ccccc3c(=O)[nH]2)ccc1OCC(C)C. The van der Waals surface area contributed by atoms with Gasteiger partial charge in [-0.1, -0.05) is 26.0 Å². The van der Waals surface area contributed by atoms with E-state index in [4.69, 9.17) is 14.2 Å². The minimum atomic E-state index is -0.734. The van der Waals surface area contributed by atoms with Crippen molar-refractivity contribution in [1.29, 1.82) is 0 Å². The number of hydrogen-bond donors (Lipinski definition) is 1. The molecule has 1 N–H and O–H groups in total. The number of aromatic amines is 1. The van der Waals surface area contributed by atoms with E-state index in [2.05, 4.69) is 9.97 Å². The first kappa shape index (κ1) is 20.4. The zero-order valence-electron chi connectivity index (χ0n) is 16.9. The van der Waals surface area contributed by atoms with Gasteiger partial charge in [0, 0.05) is 0 Å². The van der Waals surface area contributed by atoms with Crippen LogP contribution in [0.3, 0.4) is 0 Å². The lowest BCUT2D eigenvalue weighted by Crippen LogP contribution is -2.17. The molecule has 0 fully saturated rings. The molecule has 7 heteroatoms. The van der Waals surface area contributed by atoms with Crippen molar-refractivity contribution in [2.24, 2.45) is 5.92 Å². The van der Waals surface area contributed by atoms with E-state index in [0.29, 0.717) is 40.5 Å². The molecule has 7 nitrogen and oxygen atoms in total. The van der Waals surface area contributed by atoms with E-state index in [0.717, 1.165) is 0 Å². The number of para-hydroxylation sites is 1. The topological polar surface area (TPSA) is 90.5 Å². The van der Waals surface area contributed by atoms with Crippen LogP contribution >= 0.6 is 0 Å². The Labute approximate surface area is 168 Å². The number of esters is 1. The van der Waals surface area contributed by atoms with Crippen LogP contribution in [0.4, 0.5) is 0 Å². The number of ether oxygens (including phenoxy) is 3. The van der Waals surface area contributed by atoms with Crippen molar-refractivity contribution in [1.82, 2.24) is 9.97 Å². The summed E-state index contributed by atoms with van der Waals surface area (Å²) >= 11 is 0. The molecule has 0 aliphatic heterocycles. The van der Waals surface area contributed by atoms with Gasteiger partial charge in [-0.25, -0.2) is 9.78 Å². The van der Waals surface area contributed by atoms with Crippen LogP contribution in [0.1, 0.15) is 43.1 Å². The van der Waals surface area contributed by atoms with Crippen molar-refractivity contribution in [3.05, 3.63) is 64.2 Å². The predicted octanol–water partition coefficient (Wildman–Crippen LogP) is 3.88. The number of fused-ring (bicyclic) bond motifs is 1. The van der Waals surface area contributed by atoms with E-state index in [1.807, 2.05) is 13.8 Å². The lowest BCUT2D eigenvalue weighted by Gasteiger charge is -2.15. The summed E-state index contributed by atoms with van der Waals surface area (Å²) in [4.78, 5) is 31.9. The first-order valence-electron chi connectivity index (χ1n) is 9.39. The van der Waals surface area contributed by atoms with Crippen LogP contribution in [-0.2, 0) is 4.74 Å². The summed E-state index contributed by atoms with van der Waals surface area (Å²) in [6, 6.07) is 11.9. The number of aromatic nitrogens is 2. The quantitative estimate of drug-likeness (QED) is 0.610. The van der Waals surface area contributed by atoms with Gasteiger partial charge in [0.1, 0.15) is 0 Å². The van der Waals surface area contributed by atoms with E-state index in [1.54, 1.807) is 49.4 Å². The predicted molar refractivity (Wildman–Crippen MR) is 110 cm³/mol. The Hall–Kier alpha value is -3.35. The molecule has 1 heterocycles. The third-order valence-corrected chi connectivity index (χ3v) is 4.27. The number of hydrogen-bond acceptors (Lipinski definition) is 6. The standard InChI is InChI=1S/C22H24N2O5/c1-13(2)12-28-18-10-9-15(11-19(18)27-4)22(26)29-14(3)20-23-17-8-6-5-7-16(17)21(25)24-20/h5-11,13-14H,12H2,1-4H3,(H,23,24,25)/t14-/m0/s1. The molecule has 0 saturated heterocycles. The molecule has 3 rings (SSSR count). The summed E-state index contributed by atoms with van der Waals surface area (Å²) in [5, 5.41) is 0.483. The molecular weight excluding hydrogens is 372 g/mol. The lowest BCUT2D eigenvalue weighted by molar-refractivity contribution is 0.0319. The maximum Gasteiger partial charge on any atom is 0.338 e. The minimum absolute atomic E-state index is 0.276. The van der Waals surface area contributed by atoms with Gasteiger partial charge in [0.2, 0.25) is 0 Å². The summed E-state index contributed by atoms with van der Waals surface area (Å²) in [6.45, 7) is 6.29. The molecule has 1 aromatic heterocycles. The van der Waals surface area contributed by atoms with Crippen molar-refractivity contribution >= 4 is 16.9 Å². The van der Waals surface area contributed by atoms with E-state index in [1.165, 1.54) is 7.11 Å². The fraction of sp³-hybridized carbons (Fsp3) is 0.318. The van der Waals surface area contributed by atoms with Crippen molar-refractivity contribution in [2.45, 2.75) is 26.9 Å². The van der Waals surface area contributed by atoms with Crippen LogP contribution < -0.4 is 15.0 Å². The summed E-state index contributed by atoms with van der Waals surface area (Å²) in [7, 11) is 1.51. The lowest BCUT2D eigenvalue weighted by atomic mass is 10.2. The second-order valence-corrected chi connectivity index (χ2v) is 7.09. The largest absolute Gasteiger partial charge is 0.493 e. The highest BCUT2D eigenvalue weighted by Gasteiger charge is 2.18. The number of benzene rings is 2. The fourth-order valence-electron chi connectivity index (χ4n) is 2.75. The molecule has 2 aromatic carbocycles. The second kappa shape index (κ2) is 8.77. The molecule has 1 atom stereocenters. The van der Waals surface area contributed by atoms with Gasteiger partial charge in [0.15, 0.2) is 23.4 Å². The highest BCUT2D eigenvalue weighted by molar-refractivity contribution is 5.90. The van der Waals surface area contributed by atoms with Crippen molar-refractivity contribution in [3.63, 3.8) is 0 Å². The molecule has 0 saturated carbocycles. The molecule has 0 unspecified atom stereocenters. The third kappa shape index (κ3) is 4.74. The molecular formula is C22H24N2O5. The van der Waals surface area contributed by atoms with Crippen molar-refractivity contribution < 1.29 is 19.0 Å². The number of carbonyl (C=O) groups is 1. The van der Waals surface area contributed by atoms with Crippen LogP contribution in [0.15, 0.2) is 47.3 Å². The van der Waals surface area contributed by atoms with Gasteiger partial charge in [-0.2, -0.15) is 0 Å². The van der Waals surface area contributed by atoms with E-state index >= 15 is 0 Å². The average Bonchev–Trinajstić information content (AvgIpc) is 2.71. The maximum atomic E-state index is 12.6. The number of rotatable bonds is 7. The van der Waals surface area contributed by atoms with Crippen LogP contribution in [0.25, 0.3) is 10.9 Å². The number of carbonyl (C=O) groups excluding carboxylic acids is 1. The summed E-state index contributed by atoms with van der Waals surface area (Å²) in [5.74, 6) is 1.10. The smallest absolute Gasteiger partial charge is 0.338 e. The fourth-order valence-corrected chi connectivity index (χ4v) is 2.75. The normalized spacial score (nSPS) is 12.0.